The van der Waals surface area contributed by atoms with Crippen LogP contribution < -0.4 is 19.5 Å². The summed E-state index contributed by atoms with van der Waals surface area (Å²) in [6.45, 7) is 1.99. The van der Waals surface area contributed by atoms with Gasteiger partial charge in [0.1, 0.15) is 5.75 Å². The molecule has 2 aromatic carbocycles. The van der Waals surface area contributed by atoms with Crippen molar-refractivity contribution in [1.29, 1.82) is 0 Å². The quantitative estimate of drug-likeness (QED) is 0.639. The number of hydrogen-bond donors (Lipinski definition) is 1. The zero-order valence-electron chi connectivity index (χ0n) is 15.9. The molecule has 1 N–H and O–H groups in total. The summed E-state index contributed by atoms with van der Waals surface area (Å²) in [7, 11) is 3.12. The van der Waals surface area contributed by atoms with Crippen LogP contribution in [0.15, 0.2) is 47.0 Å². The molecule has 8 heteroatoms. The van der Waals surface area contributed by atoms with E-state index < -0.39 is 0 Å². The highest BCUT2D eigenvalue weighted by Crippen LogP contribution is 2.31. The summed E-state index contributed by atoms with van der Waals surface area (Å²) in [5.41, 5.74) is 1.83. The maximum Gasteiger partial charge on any atom is 0.258 e. The lowest BCUT2D eigenvalue weighted by molar-refractivity contribution is -0.123. The minimum Gasteiger partial charge on any atom is -0.493 e. The topological polar surface area (TPSA) is 95.7 Å². The van der Waals surface area contributed by atoms with Crippen LogP contribution in [0.2, 0.25) is 0 Å². The standard InChI is InChI=1S/C20H21N3O5/c1-13-4-7-15(8-5-13)27-12-18(24)21-11-19-22-20(23-28-19)14-6-9-16(25-2)17(10-14)26-3/h4-10H,11-12H2,1-3H3,(H,21,24). The van der Waals surface area contributed by atoms with E-state index in [-0.39, 0.29) is 24.9 Å². The Morgan fingerprint density at radius 3 is 2.54 bits per heavy atom. The fraction of sp³-hybridized carbons (Fsp3) is 0.250. The number of aryl methyl sites for hydroxylation is 1. The molecule has 0 spiro atoms. The third-order valence-corrected chi connectivity index (χ3v) is 3.94. The molecule has 1 aromatic heterocycles. The van der Waals surface area contributed by atoms with Gasteiger partial charge in [0.25, 0.3) is 5.91 Å². The van der Waals surface area contributed by atoms with Gasteiger partial charge < -0.3 is 24.1 Å². The predicted octanol–water partition coefficient (Wildman–Crippen LogP) is 2.76. The van der Waals surface area contributed by atoms with Gasteiger partial charge in [-0.05, 0) is 37.3 Å². The molecule has 3 rings (SSSR count). The van der Waals surface area contributed by atoms with Gasteiger partial charge in [0.2, 0.25) is 11.7 Å². The molecule has 0 aliphatic rings. The van der Waals surface area contributed by atoms with E-state index >= 15 is 0 Å². The summed E-state index contributed by atoms with van der Waals surface area (Å²) in [4.78, 5) is 16.2. The van der Waals surface area contributed by atoms with Gasteiger partial charge in [-0.2, -0.15) is 4.98 Å². The molecule has 0 atom stereocenters. The Labute approximate surface area is 162 Å². The van der Waals surface area contributed by atoms with Crippen LogP contribution in [0.25, 0.3) is 11.4 Å². The van der Waals surface area contributed by atoms with Gasteiger partial charge in [-0.15, -0.1) is 0 Å². The van der Waals surface area contributed by atoms with E-state index in [9.17, 15) is 4.79 Å². The number of carbonyl (C=O) groups is 1. The minimum atomic E-state index is -0.286. The Hall–Kier alpha value is -3.55. The number of nitrogens with zero attached hydrogens (tertiary/aromatic N) is 2. The second kappa shape index (κ2) is 8.90. The molecule has 8 nitrogen and oxygen atoms in total. The number of rotatable bonds is 8. The molecule has 1 amide bonds. The van der Waals surface area contributed by atoms with Crippen molar-refractivity contribution >= 4 is 5.91 Å². The molecular weight excluding hydrogens is 362 g/mol. The molecule has 0 unspecified atom stereocenters. The van der Waals surface area contributed by atoms with Gasteiger partial charge in [0.15, 0.2) is 18.1 Å². The molecule has 146 valence electrons. The van der Waals surface area contributed by atoms with E-state index in [1.165, 1.54) is 0 Å². The summed E-state index contributed by atoms with van der Waals surface area (Å²) < 4.78 is 21.1. The van der Waals surface area contributed by atoms with Gasteiger partial charge in [-0.3, -0.25) is 4.79 Å². The highest BCUT2D eigenvalue weighted by Gasteiger charge is 2.13. The molecule has 0 bridgehead atoms. The summed E-state index contributed by atoms with van der Waals surface area (Å²) in [5.74, 6) is 2.19. The van der Waals surface area contributed by atoms with E-state index in [0.717, 1.165) is 5.56 Å². The smallest absolute Gasteiger partial charge is 0.258 e. The van der Waals surface area contributed by atoms with Crippen LogP contribution in [-0.2, 0) is 11.3 Å². The Balaban J connectivity index is 1.54. The number of carbonyl (C=O) groups excluding carboxylic acids is 1. The van der Waals surface area contributed by atoms with Crippen molar-refractivity contribution in [2.45, 2.75) is 13.5 Å². The first-order valence-electron chi connectivity index (χ1n) is 8.60. The van der Waals surface area contributed by atoms with Gasteiger partial charge >= 0.3 is 0 Å². The van der Waals surface area contributed by atoms with Crippen LogP contribution in [-0.4, -0.2) is 36.9 Å². The lowest BCUT2D eigenvalue weighted by Crippen LogP contribution is -2.28. The highest BCUT2D eigenvalue weighted by atomic mass is 16.5. The molecule has 0 aliphatic carbocycles. The number of amides is 1. The summed E-state index contributed by atoms with van der Waals surface area (Å²) >= 11 is 0. The van der Waals surface area contributed by atoms with Crippen LogP contribution in [0.1, 0.15) is 11.5 Å². The normalized spacial score (nSPS) is 10.4. The van der Waals surface area contributed by atoms with Crippen molar-refractivity contribution in [2.75, 3.05) is 20.8 Å². The average molecular weight is 383 g/mol. The summed E-state index contributed by atoms with van der Waals surface area (Å²) in [6.07, 6.45) is 0. The Morgan fingerprint density at radius 2 is 1.82 bits per heavy atom. The number of methoxy groups -OCH3 is 2. The largest absolute Gasteiger partial charge is 0.493 e. The average Bonchev–Trinajstić information content (AvgIpc) is 3.20. The molecule has 0 radical (unpaired) electrons. The maximum atomic E-state index is 11.9. The van der Waals surface area contributed by atoms with Gasteiger partial charge in [-0.25, -0.2) is 0 Å². The minimum absolute atomic E-state index is 0.0975. The zero-order chi connectivity index (χ0) is 19.9. The molecule has 0 saturated carbocycles. The van der Waals surface area contributed by atoms with Crippen LogP contribution in [0.3, 0.4) is 0 Å². The molecule has 0 aliphatic heterocycles. The van der Waals surface area contributed by atoms with Crippen LogP contribution in [0.5, 0.6) is 17.2 Å². The van der Waals surface area contributed by atoms with Crippen LogP contribution in [0, 0.1) is 6.92 Å². The van der Waals surface area contributed by atoms with Gasteiger partial charge in [-0.1, -0.05) is 22.9 Å². The molecule has 28 heavy (non-hydrogen) atoms. The summed E-state index contributed by atoms with van der Waals surface area (Å²) in [6, 6.07) is 12.8. The van der Waals surface area contributed by atoms with E-state index in [0.29, 0.717) is 28.6 Å². The lowest BCUT2D eigenvalue weighted by Gasteiger charge is -2.07. The lowest BCUT2D eigenvalue weighted by atomic mass is 10.2. The molecule has 1 heterocycles. The van der Waals surface area contributed by atoms with Crippen molar-refractivity contribution in [1.82, 2.24) is 15.5 Å². The summed E-state index contributed by atoms with van der Waals surface area (Å²) in [5, 5.41) is 6.61. The monoisotopic (exact) mass is 383 g/mol. The Morgan fingerprint density at radius 1 is 1.07 bits per heavy atom. The first kappa shape index (κ1) is 19.2. The number of ether oxygens (including phenoxy) is 3. The fourth-order valence-corrected chi connectivity index (χ4v) is 2.43. The van der Waals surface area contributed by atoms with Crippen LogP contribution in [0.4, 0.5) is 0 Å². The third-order valence-electron chi connectivity index (χ3n) is 3.94. The van der Waals surface area contributed by atoms with Crippen LogP contribution >= 0.6 is 0 Å². The maximum absolute atomic E-state index is 11.9. The number of hydrogen-bond acceptors (Lipinski definition) is 7. The van der Waals surface area contributed by atoms with Crippen molar-refractivity contribution in [2.24, 2.45) is 0 Å². The van der Waals surface area contributed by atoms with Crippen molar-refractivity contribution in [3.63, 3.8) is 0 Å². The first-order valence-corrected chi connectivity index (χ1v) is 8.60. The second-order valence-electron chi connectivity index (χ2n) is 5.96. The van der Waals surface area contributed by atoms with E-state index in [4.69, 9.17) is 18.7 Å². The Kier molecular flexibility index (Phi) is 6.11. The Bertz CT molecular complexity index is 937. The van der Waals surface area contributed by atoms with E-state index in [1.54, 1.807) is 32.4 Å². The molecule has 0 fully saturated rings. The van der Waals surface area contributed by atoms with Crippen molar-refractivity contribution < 1.29 is 23.5 Å². The number of nitrogens with one attached hydrogen (secondary N) is 1. The van der Waals surface area contributed by atoms with Crippen molar-refractivity contribution in [3.8, 4) is 28.6 Å². The van der Waals surface area contributed by atoms with Crippen molar-refractivity contribution in [3.05, 3.63) is 53.9 Å². The highest BCUT2D eigenvalue weighted by molar-refractivity contribution is 5.77. The number of aromatic nitrogens is 2. The second-order valence-corrected chi connectivity index (χ2v) is 5.96. The van der Waals surface area contributed by atoms with Gasteiger partial charge in [0, 0.05) is 5.56 Å². The molecule has 3 aromatic rings. The predicted molar refractivity (Wildman–Crippen MR) is 101 cm³/mol. The third kappa shape index (κ3) is 4.79. The van der Waals surface area contributed by atoms with E-state index in [2.05, 4.69) is 15.5 Å². The SMILES string of the molecule is COc1ccc(-c2noc(CNC(=O)COc3ccc(C)cc3)n2)cc1OC. The van der Waals surface area contributed by atoms with Gasteiger partial charge in [0.05, 0.1) is 20.8 Å². The molecule has 0 saturated heterocycles. The number of benzene rings is 2. The zero-order valence-corrected chi connectivity index (χ0v) is 15.9. The van der Waals surface area contributed by atoms with E-state index in [1.807, 2.05) is 31.2 Å². The first-order chi connectivity index (χ1) is 13.6. The molecular formula is C20H21N3O5. The fourth-order valence-electron chi connectivity index (χ4n) is 2.43.